The molecule has 1 N–H and O–H groups in total. The number of amides is 1. The van der Waals surface area contributed by atoms with Crippen LogP contribution in [0.3, 0.4) is 0 Å². The van der Waals surface area contributed by atoms with Crippen molar-refractivity contribution in [3.63, 3.8) is 0 Å². The number of hydrogen-bond donors (Lipinski definition) is 1. The van der Waals surface area contributed by atoms with E-state index in [-0.39, 0.29) is 5.91 Å². The van der Waals surface area contributed by atoms with E-state index in [2.05, 4.69) is 15.5 Å². The predicted octanol–water partition coefficient (Wildman–Crippen LogP) is 5.47. The van der Waals surface area contributed by atoms with E-state index in [1.807, 2.05) is 37.3 Å². The molecular weight excluding hydrogens is 370 g/mol. The molecule has 0 radical (unpaired) electrons. The maximum absolute atomic E-state index is 12.9. The number of carbonyl (C=O) groups is 1. The van der Waals surface area contributed by atoms with E-state index in [0.29, 0.717) is 32.7 Å². The number of rotatable bonds is 3. The highest BCUT2D eigenvalue weighted by Crippen LogP contribution is 2.32. The van der Waals surface area contributed by atoms with E-state index in [1.165, 1.54) is 11.3 Å². The van der Waals surface area contributed by atoms with Gasteiger partial charge < -0.3 is 4.52 Å². The molecule has 0 saturated heterocycles. The number of carbonyl (C=O) groups excluding carboxylic acids is 1. The predicted molar refractivity (Wildman–Crippen MR) is 104 cm³/mol. The van der Waals surface area contributed by atoms with Crippen LogP contribution < -0.4 is 5.32 Å². The van der Waals surface area contributed by atoms with Crippen LogP contribution in [0.15, 0.2) is 47.0 Å². The Morgan fingerprint density at radius 3 is 2.81 bits per heavy atom. The van der Waals surface area contributed by atoms with Gasteiger partial charge in [0.15, 0.2) is 5.13 Å². The van der Waals surface area contributed by atoms with Crippen LogP contribution in [0.4, 0.5) is 5.13 Å². The molecule has 0 spiro atoms. The molecule has 2 aromatic heterocycles. The third-order valence-corrected chi connectivity index (χ3v) is 5.25. The van der Waals surface area contributed by atoms with E-state index in [0.717, 1.165) is 15.8 Å². The third kappa shape index (κ3) is 2.98. The van der Waals surface area contributed by atoms with Crippen LogP contribution >= 0.6 is 22.9 Å². The summed E-state index contributed by atoms with van der Waals surface area (Å²) in [4.78, 5) is 17.3. The lowest BCUT2D eigenvalue weighted by Gasteiger charge is -2.04. The van der Waals surface area contributed by atoms with Gasteiger partial charge in [0.2, 0.25) is 0 Å². The zero-order chi connectivity index (χ0) is 18.3. The molecule has 0 saturated carbocycles. The van der Waals surface area contributed by atoms with Crippen LogP contribution in [0.5, 0.6) is 0 Å². The van der Waals surface area contributed by atoms with E-state index >= 15 is 0 Å². The molecule has 2 heterocycles. The summed E-state index contributed by atoms with van der Waals surface area (Å²) >= 11 is 7.68. The van der Waals surface area contributed by atoms with E-state index in [9.17, 15) is 4.79 Å². The van der Waals surface area contributed by atoms with Crippen molar-refractivity contribution in [2.75, 3.05) is 5.32 Å². The molecule has 0 aliphatic heterocycles. The van der Waals surface area contributed by atoms with Gasteiger partial charge in [0.1, 0.15) is 17.0 Å². The monoisotopic (exact) mass is 383 g/mol. The molecule has 0 aliphatic carbocycles. The second-order valence-electron chi connectivity index (χ2n) is 5.89. The highest BCUT2D eigenvalue weighted by Gasteiger charge is 2.23. The summed E-state index contributed by atoms with van der Waals surface area (Å²) in [5, 5.41) is 7.91. The van der Waals surface area contributed by atoms with Crippen LogP contribution in [-0.2, 0) is 0 Å². The zero-order valence-electron chi connectivity index (χ0n) is 14.0. The molecule has 4 rings (SSSR count). The molecule has 1 amide bonds. The highest BCUT2D eigenvalue weighted by atomic mass is 35.5. The summed E-state index contributed by atoms with van der Waals surface area (Å²) in [6, 6.07) is 13.2. The molecule has 0 atom stereocenters. The van der Waals surface area contributed by atoms with Crippen LogP contribution in [-0.4, -0.2) is 16.0 Å². The van der Waals surface area contributed by atoms with Crippen molar-refractivity contribution in [3.8, 4) is 11.3 Å². The normalized spacial score (nSPS) is 11.0. The molecule has 0 bridgehead atoms. The standard InChI is InChI=1S/C19H14ClN3O2S/c1-10-7-8-14-15(9-10)26-19(21-14)22-18(24)16-11(2)25-23-17(16)12-5-3-4-6-13(12)20/h3-9H,1-2H3,(H,21,22,24). The van der Waals surface area contributed by atoms with Gasteiger partial charge in [-0.3, -0.25) is 10.1 Å². The van der Waals surface area contributed by atoms with E-state index in [4.69, 9.17) is 16.1 Å². The fraction of sp³-hybridized carbons (Fsp3) is 0.105. The average molecular weight is 384 g/mol. The smallest absolute Gasteiger partial charge is 0.263 e. The van der Waals surface area contributed by atoms with Crippen molar-refractivity contribution in [2.45, 2.75) is 13.8 Å². The summed E-state index contributed by atoms with van der Waals surface area (Å²) in [5.74, 6) is 0.101. The Labute approximate surface area is 158 Å². The second-order valence-corrected chi connectivity index (χ2v) is 7.32. The maximum Gasteiger partial charge on any atom is 0.263 e. The second kappa shape index (κ2) is 6.55. The van der Waals surface area contributed by atoms with Crippen LogP contribution in [0.2, 0.25) is 5.02 Å². The van der Waals surface area contributed by atoms with Crippen molar-refractivity contribution in [3.05, 3.63) is 64.4 Å². The summed E-state index contributed by atoms with van der Waals surface area (Å²) in [7, 11) is 0. The number of nitrogens with one attached hydrogen (secondary N) is 1. The van der Waals surface area contributed by atoms with Crippen molar-refractivity contribution >= 4 is 44.2 Å². The van der Waals surface area contributed by atoms with Crippen LogP contribution in [0.1, 0.15) is 21.7 Å². The van der Waals surface area contributed by atoms with Gasteiger partial charge >= 0.3 is 0 Å². The van der Waals surface area contributed by atoms with Gasteiger partial charge in [0.05, 0.1) is 15.2 Å². The SMILES string of the molecule is Cc1ccc2nc(NC(=O)c3c(-c4ccccc4Cl)noc3C)sc2c1. The molecule has 0 fully saturated rings. The summed E-state index contributed by atoms with van der Waals surface area (Å²) in [6.45, 7) is 3.72. The summed E-state index contributed by atoms with van der Waals surface area (Å²) in [6.07, 6.45) is 0. The molecular formula is C19H14ClN3O2S. The number of fused-ring (bicyclic) bond motifs is 1. The number of thiazole rings is 1. The first-order valence-corrected chi connectivity index (χ1v) is 9.12. The van der Waals surface area contributed by atoms with Gasteiger partial charge in [-0.1, -0.05) is 52.4 Å². The fourth-order valence-corrected chi connectivity index (χ4v) is 3.91. The maximum atomic E-state index is 12.9. The van der Waals surface area contributed by atoms with Crippen molar-refractivity contribution < 1.29 is 9.32 Å². The fourth-order valence-electron chi connectivity index (χ4n) is 2.72. The Balaban J connectivity index is 1.70. The van der Waals surface area contributed by atoms with Crippen molar-refractivity contribution in [2.24, 2.45) is 0 Å². The Kier molecular flexibility index (Phi) is 4.22. The minimum Gasteiger partial charge on any atom is -0.360 e. The minimum absolute atomic E-state index is 0.325. The number of anilines is 1. The Morgan fingerprint density at radius 1 is 1.19 bits per heavy atom. The molecule has 4 aromatic rings. The number of benzene rings is 2. The highest BCUT2D eigenvalue weighted by molar-refractivity contribution is 7.22. The first-order chi connectivity index (χ1) is 12.5. The molecule has 5 nitrogen and oxygen atoms in total. The lowest BCUT2D eigenvalue weighted by atomic mass is 10.1. The van der Waals surface area contributed by atoms with Gasteiger partial charge in [-0.25, -0.2) is 4.98 Å². The van der Waals surface area contributed by atoms with Crippen molar-refractivity contribution in [1.82, 2.24) is 10.1 Å². The largest absolute Gasteiger partial charge is 0.360 e. The van der Waals surface area contributed by atoms with E-state index in [1.54, 1.807) is 19.1 Å². The van der Waals surface area contributed by atoms with Crippen LogP contribution in [0.25, 0.3) is 21.5 Å². The number of hydrogen-bond acceptors (Lipinski definition) is 5. The summed E-state index contributed by atoms with van der Waals surface area (Å²) < 4.78 is 6.27. The molecule has 0 unspecified atom stereocenters. The summed E-state index contributed by atoms with van der Waals surface area (Å²) in [5.41, 5.74) is 3.42. The zero-order valence-corrected chi connectivity index (χ0v) is 15.6. The number of aryl methyl sites for hydroxylation is 2. The number of nitrogens with zero attached hydrogens (tertiary/aromatic N) is 2. The Morgan fingerprint density at radius 2 is 2.00 bits per heavy atom. The number of aromatic nitrogens is 2. The van der Waals surface area contributed by atoms with Gasteiger partial charge in [0.25, 0.3) is 5.91 Å². The van der Waals surface area contributed by atoms with Gasteiger partial charge in [0, 0.05) is 5.56 Å². The molecule has 26 heavy (non-hydrogen) atoms. The molecule has 130 valence electrons. The first-order valence-electron chi connectivity index (χ1n) is 7.92. The van der Waals surface area contributed by atoms with Crippen molar-refractivity contribution in [1.29, 1.82) is 0 Å². The van der Waals surface area contributed by atoms with Gasteiger partial charge in [-0.2, -0.15) is 0 Å². The Bertz CT molecular complexity index is 1130. The topological polar surface area (TPSA) is 68.0 Å². The molecule has 7 heteroatoms. The minimum atomic E-state index is -0.325. The Hall–Kier alpha value is -2.70. The van der Waals surface area contributed by atoms with Gasteiger partial charge in [-0.05, 0) is 37.6 Å². The third-order valence-electron chi connectivity index (χ3n) is 3.98. The lowest BCUT2D eigenvalue weighted by molar-refractivity contribution is 0.102. The first kappa shape index (κ1) is 16.8. The quantitative estimate of drug-likeness (QED) is 0.509. The van der Waals surface area contributed by atoms with E-state index < -0.39 is 0 Å². The average Bonchev–Trinajstić information content (AvgIpc) is 3.17. The van der Waals surface area contributed by atoms with Gasteiger partial charge in [-0.15, -0.1) is 0 Å². The molecule has 0 aliphatic rings. The van der Waals surface area contributed by atoms with Crippen LogP contribution in [0, 0.1) is 13.8 Å². The number of halogens is 1. The lowest BCUT2D eigenvalue weighted by Crippen LogP contribution is -2.13. The molecule has 2 aromatic carbocycles.